The quantitative estimate of drug-likeness (QED) is 0.381. The van der Waals surface area contributed by atoms with E-state index in [-0.39, 0.29) is 11.6 Å². The number of fused-ring (bicyclic) bond motifs is 4. The summed E-state index contributed by atoms with van der Waals surface area (Å²) in [4.78, 5) is 17.3. The van der Waals surface area contributed by atoms with E-state index in [1.54, 1.807) is 4.57 Å². The smallest absolute Gasteiger partial charge is 0.336 e. The Morgan fingerprint density at radius 2 is 1.84 bits per heavy atom. The van der Waals surface area contributed by atoms with Gasteiger partial charge in [0.25, 0.3) is 0 Å². The molecule has 5 nitrogen and oxygen atoms in total. The summed E-state index contributed by atoms with van der Waals surface area (Å²) in [5, 5.41) is 13.0. The maximum atomic E-state index is 13.8. The highest BCUT2D eigenvalue weighted by Crippen LogP contribution is 2.41. The van der Waals surface area contributed by atoms with E-state index in [9.17, 15) is 9.90 Å². The summed E-state index contributed by atoms with van der Waals surface area (Å²) >= 11 is 6.33. The molecule has 0 saturated carbocycles. The number of hydrogen-bond acceptors (Lipinski definition) is 2. The zero-order valence-electron chi connectivity index (χ0n) is 17.3. The van der Waals surface area contributed by atoms with Crippen LogP contribution in [0.1, 0.15) is 34.1 Å². The van der Waals surface area contributed by atoms with Crippen molar-refractivity contribution in [2.24, 2.45) is 0 Å². The molecule has 0 saturated heterocycles. The van der Waals surface area contributed by atoms with Gasteiger partial charge in [-0.2, -0.15) is 0 Å². The summed E-state index contributed by atoms with van der Waals surface area (Å²) in [6.45, 7) is 1.97. The van der Waals surface area contributed by atoms with Gasteiger partial charge in [0, 0.05) is 28.0 Å². The number of hydrogen-bond donors (Lipinski definition) is 2. The molecule has 1 unspecified atom stereocenters. The van der Waals surface area contributed by atoms with E-state index in [0.29, 0.717) is 22.8 Å². The van der Waals surface area contributed by atoms with Crippen LogP contribution in [0.25, 0.3) is 16.6 Å². The van der Waals surface area contributed by atoms with Crippen LogP contribution >= 0.6 is 11.6 Å². The summed E-state index contributed by atoms with van der Waals surface area (Å²) in [5.41, 5.74) is 5.90. The van der Waals surface area contributed by atoms with Crippen molar-refractivity contribution in [2.75, 3.05) is 0 Å². The van der Waals surface area contributed by atoms with Gasteiger partial charge in [0.2, 0.25) is 5.88 Å². The molecule has 2 aromatic heterocycles. The first kappa shape index (κ1) is 19.0. The van der Waals surface area contributed by atoms with Gasteiger partial charge >= 0.3 is 5.69 Å². The molecule has 0 aliphatic carbocycles. The highest BCUT2D eigenvalue weighted by Gasteiger charge is 2.35. The fourth-order valence-corrected chi connectivity index (χ4v) is 5.11. The molecule has 2 N–H and O–H groups in total. The highest BCUT2D eigenvalue weighted by molar-refractivity contribution is 6.30. The first-order valence-electron chi connectivity index (χ1n) is 10.5. The predicted octanol–water partition coefficient (Wildman–Crippen LogP) is 5.33. The molecule has 6 heteroatoms. The summed E-state index contributed by atoms with van der Waals surface area (Å²) in [6.07, 6.45) is 0.455. The van der Waals surface area contributed by atoms with Crippen molar-refractivity contribution in [3.8, 4) is 11.6 Å². The Kier molecular flexibility index (Phi) is 4.10. The van der Waals surface area contributed by atoms with E-state index >= 15 is 0 Å². The lowest BCUT2D eigenvalue weighted by Gasteiger charge is -2.26. The molecule has 0 bridgehead atoms. The fraction of sp³-hybridized carbons (Fsp3) is 0.115. The first-order valence-corrected chi connectivity index (χ1v) is 10.9. The molecule has 5 aromatic rings. The predicted molar refractivity (Wildman–Crippen MR) is 126 cm³/mol. The molecule has 3 aromatic carbocycles. The van der Waals surface area contributed by atoms with Gasteiger partial charge in [0.15, 0.2) is 0 Å². The lowest BCUT2D eigenvalue weighted by molar-refractivity contribution is 0.433. The van der Waals surface area contributed by atoms with Crippen LogP contribution in [0.5, 0.6) is 5.88 Å². The van der Waals surface area contributed by atoms with Crippen LogP contribution in [0.3, 0.4) is 0 Å². The van der Waals surface area contributed by atoms with Gasteiger partial charge in [-0.05, 0) is 53.9 Å². The van der Waals surface area contributed by atoms with Crippen LogP contribution in [0.15, 0.2) is 77.6 Å². The van der Waals surface area contributed by atoms with Gasteiger partial charge in [0.05, 0.1) is 11.4 Å². The number of nitrogens with one attached hydrogen (secondary N) is 1. The van der Waals surface area contributed by atoms with Crippen molar-refractivity contribution in [1.82, 2.24) is 14.1 Å². The highest BCUT2D eigenvalue weighted by atomic mass is 35.5. The molecular weight excluding hydrogens is 422 g/mol. The van der Waals surface area contributed by atoms with E-state index in [1.807, 2.05) is 73.7 Å². The second-order valence-corrected chi connectivity index (χ2v) is 8.73. The number of aromatic hydroxyl groups is 1. The molecule has 32 heavy (non-hydrogen) atoms. The van der Waals surface area contributed by atoms with Crippen molar-refractivity contribution in [1.29, 1.82) is 0 Å². The Hall–Kier alpha value is -3.70. The number of aromatic nitrogens is 3. The molecule has 6 rings (SSSR count). The molecule has 1 aliphatic heterocycles. The normalized spacial score (nSPS) is 15.0. The Labute approximate surface area is 189 Å². The summed E-state index contributed by atoms with van der Waals surface area (Å²) in [7, 11) is 0. The number of para-hydroxylation sites is 1. The number of aryl methyl sites for hydroxylation is 1. The standard InChI is InChI=1S/C26H20ClN3O2/c1-15-6-4-9-18(12-15)29-25(31)22-14-20-19-10-2-3-11-21(19)28-23(20)24(30(22)26(29)32)16-7-5-8-17(27)13-16/h2-13,24,28,31H,14H2,1H3. The summed E-state index contributed by atoms with van der Waals surface area (Å²) in [6, 6.07) is 22.8. The zero-order valence-corrected chi connectivity index (χ0v) is 18.1. The summed E-state index contributed by atoms with van der Waals surface area (Å²) < 4.78 is 3.09. The molecule has 1 atom stereocenters. The van der Waals surface area contributed by atoms with Crippen LogP contribution in [-0.4, -0.2) is 19.2 Å². The largest absolute Gasteiger partial charge is 0.493 e. The van der Waals surface area contributed by atoms with Gasteiger partial charge in [0.1, 0.15) is 6.04 Å². The third kappa shape index (κ3) is 2.68. The van der Waals surface area contributed by atoms with Crippen molar-refractivity contribution in [3.63, 3.8) is 0 Å². The zero-order chi connectivity index (χ0) is 22.0. The van der Waals surface area contributed by atoms with Gasteiger partial charge in [-0.3, -0.25) is 4.57 Å². The van der Waals surface area contributed by atoms with E-state index in [2.05, 4.69) is 11.1 Å². The van der Waals surface area contributed by atoms with E-state index in [0.717, 1.165) is 33.3 Å². The Bertz CT molecular complexity index is 1570. The monoisotopic (exact) mass is 441 g/mol. The third-order valence-corrected chi connectivity index (χ3v) is 6.54. The van der Waals surface area contributed by atoms with Crippen LogP contribution in [0, 0.1) is 6.92 Å². The van der Waals surface area contributed by atoms with Crippen molar-refractivity contribution >= 4 is 22.5 Å². The minimum Gasteiger partial charge on any atom is -0.493 e. The van der Waals surface area contributed by atoms with Crippen LogP contribution in [-0.2, 0) is 6.42 Å². The Balaban J connectivity index is 1.68. The Morgan fingerprint density at radius 1 is 1.03 bits per heavy atom. The average molecular weight is 442 g/mol. The maximum Gasteiger partial charge on any atom is 0.336 e. The third-order valence-electron chi connectivity index (χ3n) is 6.30. The number of benzene rings is 3. The molecule has 0 spiro atoms. The number of H-pyrrole nitrogens is 1. The number of imidazole rings is 1. The lowest BCUT2D eigenvalue weighted by atomic mass is 9.93. The van der Waals surface area contributed by atoms with Gasteiger partial charge in [-0.1, -0.05) is 54.1 Å². The fourth-order valence-electron chi connectivity index (χ4n) is 4.91. The number of nitrogens with zero attached hydrogens (tertiary/aromatic N) is 2. The van der Waals surface area contributed by atoms with Crippen molar-refractivity contribution in [3.05, 3.63) is 116 Å². The Morgan fingerprint density at radius 3 is 2.66 bits per heavy atom. The van der Waals surface area contributed by atoms with E-state index in [1.165, 1.54) is 4.57 Å². The second-order valence-electron chi connectivity index (χ2n) is 8.29. The molecular formula is C26H20ClN3O2. The van der Waals surface area contributed by atoms with E-state index < -0.39 is 6.04 Å². The summed E-state index contributed by atoms with van der Waals surface area (Å²) in [5.74, 6) is -0.0245. The molecule has 0 amide bonds. The van der Waals surface area contributed by atoms with Crippen molar-refractivity contribution in [2.45, 2.75) is 19.4 Å². The van der Waals surface area contributed by atoms with E-state index in [4.69, 9.17) is 11.6 Å². The van der Waals surface area contributed by atoms with Gasteiger partial charge in [-0.25, -0.2) is 9.36 Å². The molecule has 3 heterocycles. The minimum atomic E-state index is -0.427. The average Bonchev–Trinajstić information content (AvgIpc) is 3.27. The molecule has 1 aliphatic rings. The topological polar surface area (TPSA) is 62.9 Å². The lowest BCUT2D eigenvalue weighted by Crippen LogP contribution is -2.32. The molecule has 0 fully saturated rings. The van der Waals surface area contributed by atoms with Crippen molar-refractivity contribution < 1.29 is 5.11 Å². The number of aromatic amines is 1. The second kappa shape index (κ2) is 6.90. The molecule has 0 radical (unpaired) electrons. The number of halogens is 1. The molecule has 158 valence electrons. The van der Waals surface area contributed by atoms with Crippen LogP contribution in [0.4, 0.5) is 0 Å². The maximum absolute atomic E-state index is 13.8. The minimum absolute atomic E-state index is 0.0245. The van der Waals surface area contributed by atoms with Gasteiger partial charge in [-0.15, -0.1) is 0 Å². The van der Waals surface area contributed by atoms with Crippen LogP contribution < -0.4 is 5.69 Å². The van der Waals surface area contributed by atoms with Gasteiger partial charge < -0.3 is 10.1 Å². The SMILES string of the molecule is Cc1cccc(-n2c(O)c3n(c2=O)C(c2cccc(Cl)c2)c2[nH]c4ccccc4c2C3)c1. The number of rotatable bonds is 2. The first-order chi connectivity index (χ1) is 15.5. The van der Waals surface area contributed by atoms with Crippen LogP contribution in [0.2, 0.25) is 5.02 Å².